The van der Waals surface area contributed by atoms with Gasteiger partial charge in [0.25, 0.3) is 0 Å². The molecule has 0 unspecified atom stereocenters. The monoisotopic (exact) mass is 211 g/mol. The first-order valence-corrected chi connectivity index (χ1v) is 4.18. The first-order chi connectivity index (χ1) is 6.60. The summed E-state index contributed by atoms with van der Waals surface area (Å²) in [5.74, 6) is -1.45. The Morgan fingerprint density at radius 2 is 2.21 bits per heavy atom. The molecule has 4 nitrogen and oxygen atoms in total. The largest absolute Gasteiger partial charge is 0.507 e. The molecule has 0 saturated heterocycles. The maximum atomic E-state index is 10.7. The van der Waals surface area contributed by atoms with Gasteiger partial charge in [-0.15, -0.1) is 11.6 Å². The molecule has 0 aliphatic rings. The molecule has 14 heavy (non-hydrogen) atoms. The van der Waals surface area contributed by atoms with E-state index in [-0.39, 0.29) is 28.3 Å². The number of nitrogens with zero attached hydrogens (tertiary/aromatic N) is 1. The number of hydrogen-bond acceptors (Lipinski definition) is 3. The van der Waals surface area contributed by atoms with Gasteiger partial charge in [-0.25, -0.2) is 4.79 Å². The molecule has 1 aromatic carbocycles. The summed E-state index contributed by atoms with van der Waals surface area (Å²) in [4.78, 5) is 10.7. The molecule has 0 spiro atoms. The Morgan fingerprint density at radius 1 is 1.57 bits per heavy atom. The molecule has 0 heterocycles. The van der Waals surface area contributed by atoms with Crippen LogP contribution in [0.4, 0.5) is 0 Å². The van der Waals surface area contributed by atoms with Crippen LogP contribution in [-0.2, 0) is 5.88 Å². The van der Waals surface area contributed by atoms with E-state index in [2.05, 4.69) is 0 Å². The minimum absolute atomic E-state index is 0.0269. The molecule has 0 amide bonds. The number of rotatable bonds is 2. The maximum Gasteiger partial charge on any atom is 0.336 e. The fourth-order valence-corrected chi connectivity index (χ4v) is 1.25. The van der Waals surface area contributed by atoms with Crippen LogP contribution in [0, 0.1) is 11.3 Å². The minimum Gasteiger partial charge on any atom is -0.507 e. The van der Waals surface area contributed by atoms with Crippen molar-refractivity contribution in [2.75, 3.05) is 0 Å². The zero-order valence-electron chi connectivity index (χ0n) is 6.99. The number of aromatic hydroxyl groups is 1. The molecule has 72 valence electrons. The van der Waals surface area contributed by atoms with Gasteiger partial charge >= 0.3 is 5.97 Å². The van der Waals surface area contributed by atoms with Gasteiger partial charge in [0, 0.05) is 5.88 Å². The van der Waals surface area contributed by atoms with Crippen LogP contribution in [0.5, 0.6) is 5.75 Å². The molecule has 5 heteroatoms. The van der Waals surface area contributed by atoms with Crippen LogP contribution in [0.1, 0.15) is 21.5 Å². The summed E-state index contributed by atoms with van der Waals surface area (Å²) in [6.07, 6.45) is 0. The number of halogens is 1. The quantitative estimate of drug-likeness (QED) is 0.730. The number of carbonyl (C=O) groups is 1. The summed E-state index contributed by atoms with van der Waals surface area (Å²) in [5, 5.41) is 26.6. The zero-order valence-corrected chi connectivity index (χ0v) is 7.75. The Morgan fingerprint density at radius 3 is 2.64 bits per heavy atom. The number of hydrogen-bond donors (Lipinski definition) is 2. The predicted molar refractivity (Wildman–Crippen MR) is 49.3 cm³/mol. The number of carboxylic acids is 1. The second-order valence-electron chi connectivity index (χ2n) is 2.58. The highest BCUT2D eigenvalue weighted by Crippen LogP contribution is 2.23. The summed E-state index contributed by atoms with van der Waals surface area (Å²) in [6.45, 7) is 0. The van der Waals surface area contributed by atoms with E-state index in [1.807, 2.05) is 0 Å². The lowest BCUT2D eigenvalue weighted by molar-refractivity contribution is 0.0696. The lowest BCUT2D eigenvalue weighted by Gasteiger charge is -2.04. The van der Waals surface area contributed by atoms with Gasteiger partial charge in [0.05, 0.1) is 11.1 Å². The molecule has 2 N–H and O–H groups in total. The lowest BCUT2D eigenvalue weighted by atomic mass is 10.0. The average molecular weight is 212 g/mol. The highest BCUT2D eigenvalue weighted by molar-refractivity contribution is 6.17. The molecular weight excluding hydrogens is 206 g/mol. The van der Waals surface area contributed by atoms with Crippen molar-refractivity contribution < 1.29 is 15.0 Å². The third-order valence-corrected chi connectivity index (χ3v) is 2.00. The molecule has 0 bridgehead atoms. The zero-order chi connectivity index (χ0) is 10.7. The van der Waals surface area contributed by atoms with Gasteiger partial charge in [-0.3, -0.25) is 0 Å². The van der Waals surface area contributed by atoms with Crippen LogP contribution in [0.25, 0.3) is 0 Å². The van der Waals surface area contributed by atoms with Gasteiger partial charge < -0.3 is 10.2 Å². The van der Waals surface area contributed by atoms with Crippen molar-refractivity contribution in [3.63, 3.8) is 0 Å². The molecule has 0 saturated carbocycles. The van der Waals surface area contributed by atoms with Gasteiger partial charge in [-0.05, 0) is 17.7 Å². The number of aromatic carboxylic acids is 1. The molecule has 1 rings (SSSR count). The number of phenols is 1. The molecule has 0 aliphatic heterocycles. The summed E-state index contributed by atoms with van der Waals surface area (Å²) >= 11 is 5.49. The molecule has 1 aromatic rings. The van der Waals surface area contributed by atoms with Crippen LogP contribution >= 0.6 is 11.6 Å². The van der Waals surface area contributed by atoms with Gasteiger partial charge in [-0.2, -0.15) is 5.26 Å². The van der Waals surface area contributed by atoms with E-state index in [9.17, 15) is 9.90 Å². The Hall–Kier alpha value is -1.73. The van der Waals surface area contributed by atoms with Crippen molar-refractivity contribution >= 4 is 17.6 Å². The Balaban J connectivity index is 3.42. The Kier molecular flexibility index (Phi) is 2.95. The first kappa shape index (κ1) is 10.4. The van der Waals surface area contributed by atoms with Crippen molar-refractivity contribution in [2.24, 2.45) is 0 Å². The van der Waals surface area contributed by atoms with E-state index in [1.54, 1.807) is 6.07 Å². The van der Waals surface area contributed by atoms with Crippen LogP contribution in [-0.4, -0.2) is 16.2 Å². The molecule has 0 atom stereocenters. The normalized spacial score (nSPS) is 9.43. The topological polar surface area (TPSA) is 81.3 Å². The van der Waals surface area contributed by atoms with Crippen LogP contribution in [0.3, 0.4) is 0 Å². The van der Waals surface area contributed by atoms with E-state index >= 15 is 0 Å². The van der Waals surface area contributed by atoms with E-state index in [4.69, 9.17) is 22.0 Å². The molecule has 0 fully saturated rings. The smallest absolute Gasteiger partial charge is 0.336 e. The third kappa shape index (κ3) is 1.78. The fraction of sp³-hybridized carbons (Fsp3) is 0.111. The van der Waals surface area contributed by atoms with Crippen molar-refractivity contribution in [3.8, 4) is 11.8 Å². The third-order valence-electron chi connectivity index (χ3n) is 1.72. The number of carboxylic acid groups (broad SMARTS) is 1. The van der Waals surface area contributed by atoms with Crippen LogP contribution in [0.15, 0.2) is 12.1 Å². The van der Waals surface area contributed by atoms with E-state index < -0.39 is 5.97 Å². The number of alkyl halides is 1. The first-order valence-electron chi connectivity index (χ1n) is 3.65. The second-order valence-corrected chi connectivity index (χ2v) is 2.84. The highest BCUT2D eigenvalue weighted by atomic mass is 35.5. The summed E-state index contributed by atoms with van der Waals surface area (Å²) in [7, 11) is 0. The molecular formula is C9H6ClNO3. The summed E-state index contributed by atoms with van der Waals surface area (Å²) in [5.41, 5.74) is 0.154. The Labute approximate surface area is 85.0 Å². The molecule has 0 aromatic heterocycles. The average Bonchev–Trinajstić information content (AvgIpc) is 2.16. The standard InChI is InChI=1S/C9H6ClNO3/c10-3-5-2-8(12)6(4-11)1-7(5)9(13)14/h1-2,12H,3H2,(H,13,14). The van der Waals surface area contributed by atoms with Crippen LogP contribution in [0.2, 0.25) is 0 Å². The fourth-order valence-electron chi connectivity index (χ4n) is 1.03. The van der Waals surface area contributed by atoms with E-state index in [1.165, 1.54) is 6.07 Å². The van der Waals surface area contributed by atoms with Gasteiger partial charge in [0.2, 0.25) is 0 Å². The van der Waals surface area contributed by atoms with E-state index in [0.717, 1.165) is 6.07 Å². The van der Waals surface area contributed by atoms with Crippen LogP contribution < -0.4 is 0 Å². The SMILES string of the molecule is N#Cc1cc(C(=O)O)c(CCl)cc1O. The summed E-state index contributed by atoms with van der Waals surface area (Å²) in [6, 6.07) is 3.98. The highest BCUT2D eigenvalue weighted by Gasteiger charge is 2.13. The van der Waals surface area contributed by atoms with E-state index in [0.29, 0.717) is 0 Å². The van der Waals surface area contributed by atoms with Gasteiger partial charge in [0.1, 0.15) is 11.8 Å². The molecule has 0 aliphatic carbocycles. The Bertz CT molecular complexity index is 423. The predicted octanol–water partition coefficient (Wildman–Crippen LogP) is 1.70. The van der Waals surface area contributed by atoms with Gasteiger partial charge in [-0.1, -0.05) is 0 Å². The van der Waals surface area contributed by atoms with Gasteiger partial charge in [0.15, 0.2) is 0 Å². The summed E-state index contributed by atoms with van der Waals surface area (Å²) < 4.78 is 0. The second kappa shape index (κ2) is 3.99. The maximum absolute atomic E-state index is 10.7. The van der Waals surface area contributed by atoms with Crippen molar-refractivity contribution in [1.29, 1.82) is 5.26 Å². The number of benzene rings is 1. The van der Waals surface area contributed by atoms with Crippen molar-refractivity contribution in [2.45, 2.75) is 5.88 Å². The number of phenolic OH excluding ortho intramolecular Hbond substituents is 1. The van der Waals surface area contributed by atoms with Crippen molar-refractivity contribution in [3.05, 3.63) is 28.8 Å². The minimum atomic E-state index is -1.17. The van der Waals surface area contributed by atoms with Crippen molar-refractivity contribution in [1.82, 2.24) is 0 Å². The molecule has 0 radical (unpaired) electrons. The number of nitriles is 1. The lowest BCUT2D eigenvalue weighted by Crippen LogP contribution is -2.02.